The first-order valence-corrected chi connectivity index (χ1v) is 5.28. The second kappa shape index (κ2) is 3.56. The van der Waals surface area contributed by atoms with Gasteiger partial charge in [-0.1, -0.05) is 6.92 Å². The highest BCUT2D eigenvalue weighted by molar-refractivity contribution is 5.60. The number of hydrogen-bond acceptors (Lipinski definition) is 4. The van der Waals surface area contributed by atoms with Crippen LogP contribution in [0, 0.1) is 0 Å². The number of nitrogens with two attached hydrogens (primary N) is 1. The SMILES string of the molecule is CCC1(Nc2nc[nH]c(=O)c2N)CCC1. The third kappa shape index (κ3) is 1.69. The van der Waals surface area contributed by atoms with Crippen LogP contribution in [0.15, 0.2) is 11.1 Å². The molecule has 0 aromatic carbocycles. The molecule has 1 saturated carbocycles. The third-order valence-electron chi connectivity index (χ3n) is 3.26. The number of nitrogens with zero attached hydrogens (tertiary/aromatic N) is 1. The van der Waals surface area contributed by atoms with Crippen molar-refractivity contribution < 1.29 is 0 Å². The predicted octanol–water partition coefficient (Wildman–Crippen LogP) is 1.10. The van der Waals surface area contributed by atoms with E-state index in [1.54, 1.807) is 0 Å². The van der Waals surface area contributed by atoms with Gasteiger partial charge in [-0.05, 0) is 25.7 Å². The average molecular weight is 208 g/mol. The van der Waals surface area contributed by atoms with E-state index in [2.05, 4.69) is 22.2 Å². The van der Waals surface area contributed by atoms with E-state index in [1.807, 2.05) is 0 Å². The van der Waals surface area contributed by atoms with Crippen molar-refractivity contribution in [1.29, 1.82) is 0 Å². The molecule has 0 amide bonds. The maximum absolute atomic E-state index is 11.3. The van der Waals surface area contributed by atoms with Crippen molar-refractivity contribution in [2.75, 3.05) is 11.1 Å². The maximum Gasteiger partial charge on any atom is 0.276 e. The molecule has 15 heavy (non-hydrogen) atoms. The molecule has 82 valence electrons. The highest BCUT2D eigenvalue weighted by Crippen LogP contribution is 2.37. The van der Waals surface area contributed by atoms with Crippen molar-refractivity contribution in [3.8, 4) is 0 Å². The van der Waals surface area contributed by atoms with Gasteiger partial charge < -0.3 is 16.0 Å². The molecule has 5 heteroatoms. The van der Waals surface area contributed by atoms with Gasteiger partial charge >= 0.3 is 0 Å². The van der Waals surface area contributed by atoms with Crippen molar-refractivity contribution in [2.45, 2.75) is 38.1 Å². The Labute approximate surface area is 88.1 Å². The number of hydrogen-bond donors (Lipinski definition) is 3. The minimum absolute atomic E-state index is 0.106. The van der Waals surface area contributed by atoms with Gasteiger partial charge in [0.2, 0.25) is 0 Å². The minimum Gasteiger partial charge on any atom is -0.391 e. The molecule has 0 aliphatic heterocycles. The van der Waals surface area contributed by atoms with Gasteiger partial charge in [0, 0.05) is 5.54 Å². The normalized spacial score (nSPS) is 18.2. The number of aromatic amines is 1. The van der Waals surface area contributed by atoms with Crippen molar-refractivity contribution in [1.82, 2.24) is 9.97 Å². The Hall–Kier alpha value is -1.52. The van der Waals surface area contributed by atoms with Crippen LogP contribution in [0.5, 0.6) is 0 Å². The molecule has 0 bridgehead atoms. The quantitative estimate of drug-likeness (QED) is 0.694. The molecule has 1 aliphatic rings. The molecule has 0 unspecified atom stereocenters. The van der Waals surface area contributed by atoms with Crippen LogP contribution in [-0.4, -0.2) is 15.5 Å². The summed E-state index contributed by atoms with van der Waals surface area (Å²) in [6.07, 6.45) is 5.88. The smallest absolute Gasteiger partial charge is 0.276 e. The number of rotatable bonds is 3. The van der Waals surface area contributed by atoms with Crippen LogP contribution in [0.3, 0.4) is 0 Å². The Morgan fingerprint density at radius 2 is 2.40 bits per heavy atom. The second-order valence-electron chi connectivity index (χ2n) is 4.11. The first-order chi connectivity index (χ1) is 7.17. The van der Waals surface area contributed by atoms with E-state index in [0.717, 1.165) is 19.3 Å². The van der Waals surface area contributed by atoms with Crippen LogP contribution in [0.25, 0.3) is 0 Å². The predicted molar refractivity (Wildman–Crippen MR) is 59.8 cm³/mol. The molecule has 1 heterocycles. The lowest BCUT2D eigenvalue weighted by Crippen LogP contribution is -2.45. The summed E-state index contributed by atoms with van der Waals surface area (Å²) in [6.45, 7) is 2.13. The van der Waals surface area contributed by atoms with Crippen molar-refractivity contribution in [3.63, 3.8) is 0 Å². The Kier molecular flexibility index (Phi) is 2.38. The van der Waals surface area contributed by atoms with E-state index < -0.39 is 0 Å². The molecule has 2 rings (SSSR count). The highest BCUT2D eigenvalue weighted by atomic mass is 16.1. The van der Waals surface area contributed by atoms with Gasteiger partial charge in [0.15, 0.2) is 5.82 Å². The fourth-order valence-electron chi connectivity index (χ4n) is 1.93. The van der Waals surface area contributed by atoms with Crippen LogP contribution >= 0.6 is 0 Å². The van der Waals surface area contributed by atoms with Crippen LogP contribution in [0.1, 0.15) is 32.6 Å². The average Bonchev–Trinajstić information content (AvgIpc) is 2.18. The van der Waals surface area contributed by atoms with E-state index in [0.29, 0.717) is 5.82 Å². The summed E-state index contributed by atoms with van der Waals surface area (Å²) in [7, 11) is 0. The molecule has 1 fully saturated rings. The van der Waals surface area contributed by atoms with E-state index in [4.69, 9.17) is 5.73 Å². The molecule has 5 nitrogen and oxygen atoms in total. The van der Waals surface area contributed by atoms with Crippen LogP contribution in [-0.2, 0) is 0 Å². The zero-order valence-corrected chi connectivity index (χ0v) is 8.84. The molecular formula is C10H16N4O. The summed E-state index contributed by atoms with van der Waals surface area (Å²) >= 11 is 0. The minimum atomic E-state index is -0.280. The van der Waals surface area contributed by atoms with Crippen molar-refractivity contribution in [3.05, 3.63) is 16.7 Å². The zero-order valence-electron chi connectivity index (χ0n) is 8.84. The largest absolute Gasteiger partial charge is 0.391 e. The molecule has 0 saturated heterocycles. The third-order valence-corrected chi connectivity index (χ3v) is 3.26. The van der Waals surface area contributed by atoms with Gasteiger partial charge in [-0.2, -0.15) is 0 Å². The molecule has 0 spiro atoms. The van der Waals surface area contributed by atoms with Crippen molar-refractivity contribution >= 4 is 11.5 Å². The Morgan fingerprint density at radius 1 is 1.67 bits per heavy atom. The Bertz CT molecular complexity index is 403. The zero-order chi connectivity index (χ0) is 10.9. The van der Waals surface area contributed by atoms with Crippen LogP contribution < -0.4 is 16.6 Å². The lowest BCUT2D eigenvalue weighted by molar-refractivity contribution is 0.269. The van der Waals surface area contributed by atoms with Crippen LogP contribution in [0.2, 0.25) is 0 Å². The number of H-pyrrole nitrogens is 1. The summed E-state index contributed by atoms with van der Waals surface area (Å²) in [6, 6.07) is 0. The van der Waals surface area contributed by atoms with Crippen LogP contribution in [0.4, 0.5) is 11.5 Å². The van der Waals surface area contributed by atoms with Crippen molar-refractivity contribution in [2.24, 2.45) is 0 Å². The van der Waals surface area contributed by atoms with Gasteiger partial charge in [-0.15, -0.1) is 0 Å². The van der Waals surface area contributed by atoms with Gasteiger partial charge in [-0.25, -0.2) is 4.98 Å². The molecular weight excluding hydrogens is 192 g/mol. The fourth-order valence-corrected chi connectivity index (χ4v) is 1.93. The van der Waals surface area contributed by atoms with E-state index in [-0.39, 0.29) is 16.8 Å². The van der Waals surface area contributed by atoms with Gasteiger partial charge in [0.05, 0.1) is 6.33 Å². The molecule has 0 atom stereocenters. The number of anilines is 2. The van der Waals surface area contributed by atoms with E-state index in [1.165, 1.54) is 12.7 Å². The fraction of sp³-hybridized carbons (Fsp3) is 0.600. The summed E-state index contributed by atoms with van der Waals surface area (Å²) in [5.74, 6) is 0.514. The molecule has 1 aromatic heterocycles. The number of nitrogen functional groups attached to an aromatic ring is 1. The summed E-state index contributed by atoms with van der Waals surface area (Å²) in [5, 5.41) is 3.29. The van der Waals surface area contributed by atoms with E-state index in [9.17, 15) is 4.79 Å². The first kappa shape index (κ1) is 10.0. The Morgan fingerprint density at radius 3 is 2.93 bits per heavy atom. The summed E-state index contributed by atoms with van der Waals surface area (Å²) in [5.41, 5.74) is 5.66. The monoisotopic (exact) mass is 208 g/mol. The Balaban J connectivity index is 2.24. The summed E-state index contributed by atoms with van der Waals surface area (Å²) < 4.78 is 0. The number of aromatic nitrogens is 2. The summed E-state index contributed by atoms with van der Waals surface area (Å²) in [4.78, 5) is 17.8. The first-order valence-electron chi connectivity index (χ1n) is 5.28. The molecule has 1 aliphatic carbocycles. The van der Waals surface area contributed by atoms with Gasteiger partial charge in [-0.3, -0.25) is 4.79 Å². The lowest BCUT2D eigenvalue weighted by Gasteiger charge is -2.42. The number of nitrogens with one attached hydrogen (secondary N) is 2. The van der Waals surface area contributed by atoms with Gasteiger partial charge in [0.25, 0.3) is 5.56 Å². The van der Waals surface area contributed by atoms with E-state index >= 15 is 0 Å². The topological polar surface area (TPSA) is 83.8 Å². The van der Waals surface area contributed by atoms with Gasteiger partial charge in [0.1, 0.15) is 5.69 Å². The second-order valence-corrected chi connectivity index (χ2v) is 4.11. The molecule has 4 N–H and O–H groups in total. The standard InChI is InChI=1S/C10H16N4O/c1-2-10(4-3-5-10)14-8-7(11)9(15)13-6-12-8/h6H,2-5,11H2,1H3,(H2,12,13,14,15). The maximum atomic E-state index is 11.3. The molecule has 0 radical (unpaired) electrons. The molecule has 1 aromatic rings. The lowest BCUT2D eigenvalue weighted by atomic mass is 9.75. The highest BCUT2D eigenvalue weighted by Gasteiger charge is 2.35.